The van der Waals surface area contributed by atoms with E-state index < -0.39 is 5.60 Å². The highest BCUT2D eigenvalue weighted by Crippen LogP contribution is 2.38. The van der Waals surface area contributed by atoms with Gasteiger partial charge in [0.1, 0.15) is 5.60 Å². The van der Waals surface area contributed by atoms with E-state index in [1.807, 2.05) is 36.4 Å². The number of rotatable bonds is 6. The first-order chi connectivity index (χ1) is 10.2. The van der Waals surface area contributed by atoms with Gasteiger partial charge in [0.15, 0.2) is 11.5 Å². The molecule has 1 atom stereocenters. The molecule has 1 unspecified atom stereocenters. The van der Waals surface area contributed by atoms with Gasteiger partial charge in [-0.3, -0.25) is 0 Å². The molecule has 0 saturated heterocycles. The number of alkyl halides is 1. The first-order valence-electron chi connectivity index (χ1n) is 6.72. The Bertz CT molecular complexity index is 586. The summed E-state index contributed by atoms with van der Waals surface area (Å²) in [6.45, 7) is 0. The molecule has 0 heterocycles. The highest BCUT2D eigenvalue weighted by Gasteiger charge is 2.31. The highest BCUT2D eigenvalue weighted by molar-refractivity contribution is 6.17. The van der Waals surface area contributed by atoms with E-state index in [1.165, 1.54) is 0 Å². The molecule has 0 saturated carbocycles. The molecule has 1 N–H and O–H groups in total. The summed E-state index contributed by atoms with van der Waals surface area (Å²) in [7, 11) is 3.16. The van der Waals surface area contributed by atoms with Crippen LogP contribution in [0.3, 0.4) is 0 Å². The van der Waals surface area contributed by atoms with Crippen LogP contribution >= 0.6 is 11.6 Å². The summed E-state index contributed by atoms with van der Waals surface area (Å²) in [6.07, 6.45) is 0.411. The van der Waals surface area contributed by atoms with E-state index in [9.17, 15) is 5.11 Å². The molecule has 4 heteroatoms. The largest absolute Gasteiger partial charge is 0.493 e. The third-order valence-electron chi connectivity index (χ3n) is 3.57. The number of benzene rings is 2. The fourth-order valence-electron chi connectivity index (χ4n) is 2.40. The Kier molecular flexibility index (Phi) is 5.10. The summed E-state index contributed by atoms with van der Waals surface area (Å²) >= 11 is 5.90. The summed E-state index contributed by atoms with van der Waals surface area (Å²) in [5.41, 5.74) is 0.382. The summed E-state index contributed by atoms with van der Waals surface area (Å²) in [5.74, 6) is 1.56. The Balaban J connectivity index is 2.52. The Morgan fingerprint density at radius 3 is 2.19 bits per heavy atom. The van der Waals surface area contributed by atoms with E-state index >= 15 is 0 Å². The molecule has 0 spiro atoms. The van der Waals surface area contributed by atoms with E-state index in [1.54, 1.807) is 26.4 Å². The topological polar surface area (TPSA) is 38.7 Å². The van der Waals surface area contributed by atoms with E-state index in [2.05, 4.69) is 0 Å². The van der Waals surface area contributed by atoms with Gasteiger partial charge in [0.05, 0.1) is 14.2 Å². The van der Waals surface area contributed by atoms with Crippen molar-refractivity contribution < 1.29 is 14.6 Å². The molecule has 0 aliphatic carbocycles. The minimum Gasteiger partial charge on any atom is -0.493 e. The molecule has 0 fully saturated rings. The molecule has 0 radical (unpaired) electrons. The summed E-state index contributed by atoms with van der Waals surface area (Å²) in [4.78, 5) is 0. The van der Waals surface area contributed by atoms with Gasteiger partial charge in [-0.15, -0.1) is 11.6 Å². The summed E-state index contributed by atoms with van der Waals surface area (Å²) < 4.78 is 10.6. The molecule has 3 nitrogen and oxygen atoms in total. The Morgan fingerprint density at radius 2 is 1.62 bits per heavy atom. The number of aliphatic hydroxyl groups is 1. The van der Waals surface area contributed by atoms with Crippen LogP contribution in [-0.2, 0) is 5.60 Å². The first kappa shape index (κ1) is 15.7. The maximum Gasteiger partial charge on any atom is 0.161 e. The predicted molar refractivity (Wildman–Crippen MR) is 84.3 cm³/mol. The lowest BCUT2D eigenvalue weighted by Crippen LogP contribution is -2.28. The Hall–Kier alpha value is -1.71. The van der Waals surface area contributed by atoms with Crippen LogP contribution in [0, 0.1) is 0 Å². The predicted octanol–water partition coefficient (Wildman–Crippen LogP) is 3.57. The van der Waals surface area contributed by atoms with Gasteiger partial charge in [0.2, 0.25) is 0 Å². The van der Waals surface area contributed by atoms with Crippen molar-refractivity contribution in [2.24, 2.45) is 0 Å². The molecule has 0 aliphatic rings. The van der Waals surface area contributed by atoms with Crippen LogP contribution in [0.1, 0.15) is 17.5 Å². The van der Waals surface area contributed by atoms with Crippen molar-refractivity contribution in [2.75, 3.05) is 20.1 Å². The number of hydrogen-bond donors (Lipinski definition) is 1. The van der Waals surface area contributed by atoms with Crippen molar-refractivity contribution in [1.29, 1.82) is 0 Å². The monoisotopic (exact) mass is 306 g/mol. The zero-order valence-electron chi connectivity index (χ0n) is 12.2. The molecule has 21 heavy (non-hydrogen) atoms. The molecule has 0 bridgehead atoms. The molecule has 2 aromatic carbocycles. The molecule has 0 amide bonds. The van der Waals surface area contributed by atoms with Gasteiger partial charge < -0.3 is 14.6 Å². The van der Waals surface area contributed by atoms with E-state index in [4.69, 9.17) is 21.1 Å². The number of ether oxygens (including phenoxy) is 2. The minimum absolute atomic E-state index is 0.347. The lowest BCUT2D eigenvalue weighted by Gasteiger charge is -2.29. The zero-order valence-corrected chi connectivity index (χ0v) is 12.9. The van der Waals surface area contributed by atoms with Gasteiger partial charge in [-0.05, 0) is 29.7 Å². The van der Waals surface area contributed by atoms with Crippen LogP contribution in [0.15, 0.2) is 48.5 Å². The molecule has 0 aliphatic heterocycles. The first-order valence-corrected chi connectivity index (χ1v) is 7.25. The van der Waals surface area contributed by atoms with Gasteiger partial charge >= 0.3 is 0 Å². The van der Waals surface area contributed by atoms with Gasteiger partial charge in [-0.2, -0.15) is 0 Å². The summed E-state index contributed by atoms with van der Waals surface area (Å²) in [6, 6.07) is 14.9. The van der Waals surface area contributed by atoms with Gasteiger partial charge in [-0.25, -0.2) is 0 Å². The standard InChI is InChI=1S/C17H19ClO3/c1-20-15-9-8-14(12-16(15)21-2)17(19,10-11-18)13-6-4-3-5-7-13/h3-9,12,19H,10-11H2,1-2H3. The number of hydrogen-bond acceptors (Lipinski definition) is 3. The van der Waals surface area contributed by atoms with Crippen molar-refractivity contribution >= 4 is 11.6 Å². The smallest absolute Gasteiger partial charge is 0.161 e. The van der Waals surface area contributed by atoms with Crippen molar-refractivity contribution in [1.82, 2.24) is 0 Å². The lowest BCUT2D eigenvalue weighted by molar-refractivity contribution is 0.0771. The van der Waals surface area contributed by atoms with E-state index in [0.717, 1.165) is 11.1 Å². The fourth-order valence-corrected chi connectivity index (χ4v) is 2.67. The SMILES string of the molecule is COc1ccc(C(O)(CCCl)c2ccccc2)cc1OC. The van der Waals surface area contributed by atoms with Crippen LogP contribution in [-0.4, -0.2) is 25.2 Å². The third kappa shape index (κ3) is 3.14. The second-order valence-corrected chi connectivity index (χ2v) is 5.11. The minimum atomic E-state index is -1.15. The van der Waals surface area contributed by atoms with E-state index in [-0.39, 0.29) is 0 Å². The van der Waals surface area contributed by atoms with Crippen molar-refractivity contribution in [3.63, 3.8) is 0 Å². The summed E-state index contributed by atoms with van der Waals surface area (Å²) in [5, 5.41) is 11.2. The molecular weight excluding hydrogens is 288 g/mol. The van der Waals surface area contributed by atoms with Crippen LogP contribution in [0.5, 0.6) is 11.5 Å². The van der Waals surface area contributed by atoms with Crippen molar-refractivity contribution in [2.45, 2.75) is 12.0 Å². The van der Waals surface area contributed by atoms with Crippen LogP contribution in [0.2, 0.25) is 0 Å². The van der Waals surface area contributed by atoms with Crippen LogP contribution in [0.4, 0.5) is 0 Å². The van der Waals surface area contributed by atoms with Crippen LogP contribution < -0.4 is 9.47 Å². The molecule has 2 rings (SSSR count). The quantitative estimate of drug-likeness (QED) is 0.829. The molecule has 2 aromatic rings. The Labute approximate surface area is 130 Å². The average molecular weight is 307 g/mol. The lowest BCUT2D eigenvalue weighted by atomic mass is 9.84. The second kappa shape index (κ2) is 6.83. The number of methoxy groups -OCH3 is 2. The molecule has 0 aromatic heterocycles. The maximum absolute atomic E-state index is 11.2. The van der Waals surface area contributed by atoms with Gasteiger partial charge in [0, 0.05) is 5.88 Å². The molecular formula is C17H19ClO3. The third-order valence-corrected chi connectivity index (χ3v) is 3.76. The van der Waals surface area contributed by atoms with Gasteiger partial charge in [0.25, 0.3) is 0 Å². The zero-order chi connectivity index (χ0) is 15.3. The number of halogens is 1. The van der Waals surface area contributed by atoms with E-state index in [0.29, 0.717) is 23.8 Å². The van der Waals surface area contributed by atoms with Crippen molar-refractivity contribution in [3.05, 3.63) is 59.7 Å². The van der Waals surface area contributed by atoms with Crippen molar-refractivity contribution in [3.8, 4) is 11.5 Å². The molecule has 112 valence electrons. The normalized spacial score (nSPS) is 13.5. The highest BCUT2D eigenvalue weighted by atomic mass is 35.5. The average Bonchev–Trinajstić information content (AvgIpc) is 2.55. The Morgan fingerprint density at radius 1 is 0.952 bits per heavy atom. The maximum atomic E-state index is 11.2. The fraction of sp³-hybridized carbons (Fsp3) is 0.294. The second-order valence-electron chi connectivity index (χ2n) is 4.74. The van der Waals surface area contributed by atoms with Crippen LogP contribution in [0.25, 0.3) is 0 Å². The van der Waals surface area contributed by atoms with Gasteiger partial charge in [-0.1, -0.05) is 36.4 Å².